The second kappa shape index (κ2) is 6.54. The lowest BCUT2D eigenvalue weighted by Gasteiger charge is -2.19. The van der Waals surface area contributed by atoms with E-state index >= 15 is 0 Å². The molecule has 2 aromatic carbocycles. The summed E-state index contributed by atoms with van der Waals surface area (Å²) in [4.78, 5) is 26.5. The monoisotopic (exact) mass is 374 g/mol. The predicted molar refractivity (Wildman–Crippen MR) is 101 cm³/mol. The van der Waals surface area contributed by atoms with Crippen LogP contribution in [0.2, 0.25) is 5.02 Å². The van der Waals surface area contributed by atoms with Gasteiger partial charge in [0.25, 0.3) is 11.8 Å². The van der Waals surface area contributed by atoms with Crippen LogP contribution in [0.3, 0.4) is 0 Å². The molecule has 0 unspecified atom stereocenters. The molecule has 0 saturated heterocycles. The van der Waals surface area contributed by atoms with Crippen molar-refractivity contribution in [1.29, 1.82) is 0 Å². The minimum Gasteiger partial charge on any atom is -0.349 e. The number of hydrogen-bond donors (Lipinski definition) is 1. The van der Waals surface area contributed by atoms with E-state index in [9.17, 15) is 9.59 Å². The van der Waals surface area contributed by atoms with Gasteiger partial charge in [0.2, 0.25) is 0 Å². The number of imide groups is 1. The molecule has 2 aromatic rings. The smallest absolute Gasteiger partial charge is 0.283 e. The summed E-state index contributed by atoms with van der Waals surface area (Å²) in [5.41, 5.74) is 3.83. The lowest BCUT2D eigenvalue weighted by Crippen LogP contribution is -2.33. The molecule has 3 rings (SSSR count). The number of carbonyl (C=O) groups excluding carboxylic acids is 2. The Morgan fingerprint density at radius 3 is 2.28 bits per heavy atom. The van der Waals surface area contributed by atoms with Gasteiger partial charge in [-0.1, -0.05) is 41.4 Å². The normalized spacial score (nSPS) is 14.5. The summed E-state index contributed by atoms with van der Waals surface area (Å²) < 4.78 is 0. The molecule has 6 heteroatoms. The van der Waals surface area contributed by atoms with Crippen molar-refractivity contribution in [2.75, 3.05) is 10.2 Å². The summed E-state index contributed by atoms with van der Waals surface area (Å²) in [5.74, 6) is -1.02. The van der Waals surface area contributed by atoms with Crippen LogP contribution in [0.5, 0.6) is 0 Å². The van der Waals surface area contributed by atoms with E-state index < -0.39 is 11.8 Å². The third kappa shape index (κ3) is 2.92. The molecule has 0 spiro atoms. The van der Waals surface area contributed by atoms with Gasteiger partial charge in [0.1, 0.15) is 10.7 Å². The number of carbonyl (C=O) groups is 2. The van der Waals surface area contributed by atoms with Crippen molar-refractivity contribution in [3.63, 3.8) is 0 Å². The highest BCUT2D eigenvalue weighted by atomic mass is 35.5. The molecule has 128 valence electrons. The molecule has 0 atom stereocenters. The minimum absolute atomic E-state index is 0.0536. The third-order valence-corrected chi connectivity index (χ3v) is 5.13. The largest absolute Gasteiger partial charge is 0.349 e. The van der Waals surface area contributed by atoms with Crippen LogP contribution in [0.4, 0.5) is 11.4 Å². The van der Waals surface area contributed by atoms with Crippen LogP contribution in [0.25, 0.3) is 0 Å². The fourth-order valence-electron chi connectivity index (χ4n) is 2.69. The number of anilines is 2. The number of nitrogens with one attached hydrogen (secondary N) is 1. The van der Waals surface area contributed by atoms with Crippen LogP contribution in [0.15, 0.2) is 47.1 Å². The van der Waals surface area contributed by atoms with E-state index in [4.69, 9.17) is 23.2 Å². The third-order valence-electron chi connectivity index (χ3n) is 4.37. The summed E-state index contributed by atoms with van der Waals surface area (Å²) in [5, 5.41) is 3.39. The zero-order valence-electron chi connectivity index (χ0n) is 14.0. The Bertz CT molecular complexity index is 935. The van der Waals surface area contributed by atoms with Crippen molar-refractivity contribution in [3.05, 3.63) is 68.8 Å². The van der Waals surface area contributed by atoms with Gasteiger partial charge in [0.05, 0.1) is 5.69 Å². The van der Waals surface area contributed by atoms with Gasteiger partial charge in [0.15, 0.2) is 0 Å². The number of aryl methyl sites for hydroxylation is 1. The maximum Gasteiger partial charge on any atom is 0.283 e. The molecular weight excluding hydrogens is 359 g/mol. The van der Waals surface area contributed by atoms with Crippen LogP contribution in [-0.4, -0.2) is 11.8 Å². The van der Waals surface area contributed by atoms with Gasteiger partial charge in [0, 0.05) is 10.7 Å². The average Bonchev–Trinajstić information content (AvgIpc) is 2.78. The summed E-state index contributed by atoms with van der Waals surface area (Å²) in [7, 11) is 0. The second-order valence-electron chi connectivity index (χ2n) is 5.89. The van der Waals surface area contributed by atoms with E-state index in [2.05, 4.69) is 5.32 Å². The fourth-order valence-corrected chi connectivity index (χ4v) is 3.07. The first kappa shape index (κ1) is 17.5. The number of benzene rings is 2. The number of amides is 2. The Labute approximate surface area is 156 Å². The van der Waals surface area contributed by atoms with Gasteiger partial charge >= 0.3 is 0 Å². The Hall–Kier alpha value is -2.30. The Morgan fingerprint density at radius 2 is 1.56 bits per heavy atom. The second-order valence-corrected chi connectivity index (χ2v) is 6.68. The zero-order chi connectivity index (χ0) is 18.3. The Kier molecular flexibility index (Phi) is 4.58. The summed E-state index contributed by atoms with van der Waals surface area (Å²) in [6.45, 7) is 5.61. The Morgan fingerprint density at radius 1 is 0.880 bits per heavy atom. The van der Waals surface area contributed by atoms with Gasteiger partial charge < -0.3 is 5.32 Å². The van der Waals surface area contributed by atoms with Crippen LogP contribution in [-0.2, 0) is 9.59 Å². The molecule has 25 heavy (non-hydrogen) atoms. The van der Waals surface area contributed by atoms with Gasteiger partial charge in [-0.05, 0) is 55.7 Å². The topological polar surface area (TPSA) is 49.4 Å². The van der Waals surface area contributed by atoms with E-state index in [1.165, 1.54) is 0 Å². The average molecular weight is 375 g/mol. The van der Waals surface area contributed by atoms with Crippen LogP contribution < -0.4 is 10.2 Å². The maximum atomic E-state index is 12.9. The molecule has 4 nitrogen and oxygen atoms in total. The number of rotatable bonds is 3. The summed E-state index contributed by atoms with van der Waals surface area (Å²) >= 11 is 12.3. The van der Waals surface area contributed by atoms with Crippen molar-refractivity contribution in [1.82, 2.24) is 0 Å². The first-order valence-electron chi connectivity index (χ1n) is 7.70. The lowest BCUT2D eigenvalue weighted by molar-refractivity contribution is -0.120. The van der Waals surface area contributed by atoms with E-state index in [1.807, 2.05) is 26.8 Å². The van der Waals surface area contributed by atoms with Gasteiger partial charge in [-0.2, -0.15) is 0 Å². The number of halogens is 2. The van der Waals surface area contributed by atoms with Crippen molar-refractivity contribution in [2.45, 2.75) is 20.8 Å². The number of hydrogen-bond acceptors (Lipinski definition) is 3. The molecule has 0 aromatic heterocycles. The highest BCUT2D eigenvalue weighted by molar-refractivity contribution is 6.53. The lowest BCUT2D eigenvalue weighted by atomic mass is 10.1. The molecule has 1 aliphatic heterocycles. The van der Waals surface area contributed by atoms with Gasteiger partial charge in [-0.3, -0.25) is 9.59 Å². The molecule has 0 saturated carbocycles. The van der Waals surface area contributed by atoms with Gasteiger partial charge in [-0.25, -0.2) is 4.90 Å². The molecule has 0 radical (unpaired) electrons. The first-order valence-corrected chi connectivity index (χ1v) is 8.45. The molecule has 0 aliphatic carbocycles. The quantitative estimate of drug-likeness (QED) is 0.791. The van der Waals surface area contributed by atoms with Crippen LogP contribution in [0, 0.1) is 20.8 Å². The van der Waals surface area contributed by atoms with E-state index in [0.29, 0.717) is 16.4 Å². The maximum absolute atomic E-state index is 12.9. The first-order chi connectivity index (χ1) is 11.8. The standard InChI is InChI=1S/C19H16Cl2N2O2/c1-10-6-4-9-15(11(10)2)23-18(24)16(21)17(19(23)25)22-14-8-5-7-13(20)12(14)3/h4-9,22H,1-3H3. The van der Waals surface area contributed by atoms with E-state index in [0.717, 1.165) is 21.6 Å². The van der Waals surface area contributed by atoms with E-state index in [-0.39, 0.29) is 10.7 Å². The minimum atomic E-state index is -0.539. The molecule has 0 fully saturated rings. The van der Waals surface area contributed by atoms with Crippen molar-refractivity contribution >= 4 is 46.4 Å². The molecule has 1 aliphatic rings. The summed E-state index contributed by atoms with van der Waals surface area (Å²) in [6, 6.07) is 10.7. The van der Waals surface area contributed by atoms with Crippen molar-refractivity contribution < 1.29 is 9.59 Å². The summed E-state index contributed by atoms with van der Waals surface area (Å²) in [6.07, 6.45) is 0. The highest BCUT2D eigenvalue weighted by Gasteiger charge is 2.39. The van der Waals surface area contributed by atoms with Crippen molar-refractivity contribution in [2.24, 2.45) is 0 Å². The number of nitrogens with zero attached hydrogens (tertiary/aromatic N) is 1. The predicted octanol–water partition coefficient (Wildman–Crippen LogP) is 4.70. The zero-order valence-corrected chi connectivity index (χ0v) is 15.5. The molecule has 0 bridgehead atoms. The molecule has 2 amide bonds. The highest BCUT2D eigenvalue weighted by Crippen LogP contribution is 2.34. The van der Waals surface area contributed by atoms with Crippen LogP contribution in [0.1, 0.15) is 16.7 Å². The van der Waals surface area contributed by atoms with E-state index in [1.54, 1.807) is 30.3 Å². The van der Waals surface area contributed by atoms with Crippen LogP contribution >= 0.6 is 23.2 Å². The fraction of sp³-hybridized carbons (Fsp3) is 0.158. The molecule has 1 N–H and O–H groups in total. The molecule has 1 heterocycles. The SMILES string of the molecule is Cc1cccc(N2C(=O)C(Cl)=C(Nc3cccc(Cl)c3C)C2=O)c1C. The molecular formula is C19H16Cl2N2O2. The van der Waals surface area contributed by atoms with Gasteiger partial charge in [-0.15, -0.1) is 0 Å². The van der Waals surface area contributed by atoms with Crippen molar-refractivity contribution in [3.8, 4) is 0 Å². The Balaban J connectivity index is 2.00.